The minimum Gasteiger partial charge on any atom is -0.481 e. The minimum absolute atomic E-state index is 0.468. The highest BCUT2D eigenvalue weighted by Crippen LogP contribution is 2.38. The van der Waals surface area contributed by atoms with Gasteiger partial charge in [-0.3, -0.25) is 9.69 Å². The number of aliphatic carboxylic acids is 1. The average Bonchev–Trinajstić information content (AvgIpc) is 2.76. The number of carboxylic acid groups (broad SMARTS) is 1. The maximum absolute atomic E-state index is 11.5. The standard InChI is InChI=1S/C14H25NO2/c1-3-14(13(16)17)7-4-8-15(10-14)12-6-5-11(2)9-12/h11-12H,3-10H2,1-2H3,(H,16,17). The van der Waals surface area contributed by atoms with Crippen molar-refractivity contribution in [2.45, 2.75) is 58.4 Å². The molecule has 0 aromatic heterocycles. The first-order chi connectivity index (χ1) is 8.07. The normalized spacial score (nSPS) is 39.4. The Morgan fingerprint density at radius 3 is 2.76 bits per heavy atom. The molecule has 0 spiro atoms. The summed E-state index contributed by atoms with van der Waals surface area (Å²) < 4.78 is 0. The van der Waals surface area contributed by atoms with Crippen molar-refractivity contribution in [1.29, 1.82) is 0 Å². The highest BCUT2D eigenvalue weighted by molar-refractivity contribution is 5.75. The molecule has 0 amide bonds. The molecule has 0 bridgehead atoms. The summed E-state index contributed by atoms with van der Waals surface area (Å²) in [5, 5.41) is 9.47. The number of piperidine rings is 1. The zero-order valence-electron chi connectivity index (χ0n) is 11.1. The highest BCUT2D eigenvalue weighted by Gasteiger charge is 2.43. The quantitative estimate of drug-likeness (QED) is 0.823. The monoisotopic (exact) mass is 239 g/mol. The van der Waals surface area contributed by atoms with E-state index in [-0.39, 0.29) is 0 Å². The van der Waals surface area contributed by atoms with Gasteiger partial charge in [0.2, 0.25) is 0 Å². The molecule has 2 rings (SSSR count). The summed E-state index contributed by atoms with van der Waals surface area (Å²) in [6, 6.07) is 0.649. The maximum atomic E-state index is 11.5. The van der Waals surface area contributed by atoms with Gasteiger partial charge in [-0.15, -0.1) is 0 Å². The van der Waals surface area contributed by atoms with Crippen LogP contribution in [0.1, 0.15) is 52.4 Å². The summed E-state index contributed by atoms with van der Waals surface area (Å²) in [4.78, 5) is 14.0. The Hall–Kier alpha value is -0.570. The van der Waals surface area contributed by atoms with Crippen molar-refractivity contribution in [2.24, 2.45) is 11.3 Å². The van der Waals surface area contributed by atoms with Crippen LogP contribution in [0.2, 0.25) is 0 Å². The number of hydrogen-bond donors (Lipinski definition) is 1. The summed E-state index contributed by atoms with van der Waals surface area (Å²) in [7, 11) is 0. The van der Waals surface area contributed by atoms with Gasteiger partial charge in [0, 0.05) is 12.6 Å². The molecule has 1 saturated heterocycles. The Morgan fingerprint density at radius 2 is 2.24 bits per heavy atom. The van der Waals surface area contributed by atoms with Crippen molar-refractivity contribution in [3.05, 3.63) is 0 Å². The van der Waals surface area contributed by atoms with Gasteiger partial charge in [0.15, 0.2) is 0 Å². The van der Waals surface area contributed by atoms with Crippen LogP contribution in [-0.2, 0) is 4.79 Å². The van der Waals surface area contributed by atoms with Crippen LogP contribution in [0.4, 0.5) is 0 Å². The molecule has 17 heavy (non-hydrogen) atoms. The Labute approximate surface area is 104 Å². The van der Waals surface area contributed by atoms with E-state index >= 15 is 0 Å². The highest BCUT2D eigenvalue weighted by atomic mass is 16.4. The largest absolute Gasteiger partial charge is 0.481 e. The molecule has 3 heteroatoms. The molecular weight excluding hydrogens is 214 g/mol. The van der Waals surface area contributed by atoms with E-state index in [1.807, 2.05) is 6.92 Å². The Morgan fingerprint density at radius 1 is 1.47 bits per heavy atom. The molecule has 0 aromatic rings. The number of nitrogens with zero attached hydrogens (tertiary/aromatic N) is 1. The van der Waals surface area contributed by atoms with Crippen molar-refractivity contribution in [3.63, 3.8) is 0 Å². The van der Waals surface area contributed by atoms with Gasteiger partial charge in [0.1, 0.15) is 0 Å². The van der Waals surface area contributed by atoms with Crippen molar-refractivity contribution < 1.29 is 9.90 Å². The molecule has 3 atom stereocenters. The summed E-state index contributed by atoms with van der Waals surface area (Å²) in [5.74, 6) is 0.235. The van der Waals surface area contributed by atoms with E-state index in [1.165, 1.54) is 19.3 Å². The van der Waals surface area contributed by atoms with E-state index in [2.05, 4.69) is 11.8 Å². The van der Waals surface area contributed by atoms with E-state index in [1.54, 1.807) is 0 Å². The number of rotatable bonds is 3. The maximum Gasteiger partial charge on any atom is 0.310 e. The summed E-state index contributed by atoms with van der Waals surface area (Å²) in [5.41, 5.74) is -0.468. The second-order valence-corrected chi connectivity index (χ2v) is 6.09. The van der Waals surface area contributed by atoms with Gasteiger partial charge in [0.05, 0.1) is 5.41 Å². The third-order valence-corrected chi connectivity index (χ3v) is 4.92. The fraction of sp³-hybridized carbons (Fsp3) is 0.929. The number of likely N-dealkylation sites (tertiary alicyclic amines) is 1. The molecular formula is C14H25NO2. The molecule has 2 fully saturated rings. The smallest absolute Gasteiger partial charge is 0.310 e. The van der Waals surface area contributed by atoms with E-state index in [9.17, 15) is 9.90 Å². The molecule has 2 aliphatic rings. The van der Waals surface area contributed by atoms with Crippen molar-refractivity contribution in [1.82, 2.24) is 4.90 Å². The van der Waals surface area contributed by atoms with Gasteiger partial charge < -0.3 is 5.11 Å². The van der Waals surface area contributed by atoms with Crippen LogP contribution in [0.5, 0.6) is 0 Å². The first kappa shape index (κ1) is 12.9. The SMILES string of the molecule is CCC1(C(=O)O)CCCN(C2CCC(C)C2)C1. The van der Waals surface area contributed by atoms with E-state index in [0.29, 0.717) is 6.04 Å². The van der Waals surface area contributed by atoms with Crippen LogP contribution in [-0.4, -0.2) is 35.1 Å². The number of carboxylic acids is 1. The van der Waals surface area contributed by atoms with Crippen molar-refractivity contribution >= 4 is 5.97 Å². The number of hydrogen-bond acceptors (Lipinski definition) is 2. The van der Waals surface area contributed by atoms with Crippen LogP contribution in [0.3, 0.4) is 0 Å². The summed E-state index contributed by atoms with van der Waals surface area (Å²) in [6.45, 7) is 6.21. The van der Waals surface area contributed by atoms with Gasteiger partial charge >= 0.3 is 5.97 Å². The lowest BCUT2D eigenvalue weighted by atomic mass is 9.77. The topological polar surface area (TPSA) is 40.5 Å². The second kappa shape index (κ2) is 4.97. The van der Waals surface area contributed by atoms with Crippen LogP contribution < -0.4 is 0 Å². The van der Waals surface area contributed by atoms with Gasteiger partial charge in [-0.05, 0) is 51.0 Å². The first-order valence-electron chi connectivity index (χ1n) is 7.05. The molecule has 0 radical (unpaired) electrons. The average molecular weight is 239 g/mol. The third kappa shape index (κ3) is 2.49. The molecule has 3 unspecified atom stereocenters. The zero-order chi connectivity index (χ0) is 12.5. The van der Waals surface area contributed by atoms with Crippen molar-refractivity contribution in [3.8, 4) is 0 Å². The second-order valence-electron chi connectivity index (χ2n) is 6.09. The lowest BCUT2D eigenvalue weighted by molar-refractivity contribution is -0.153. The number of carbonyl (C=O) groups is 1. The fourth-order valence-electron chi connectivity index (χ4n) is 3.60. The lowest BCUT2D eigenvalue weighted by Gasteiger charge is -2.42. The van der Waals surface area contributed by atoms with Gasteiger partial charge in [-0.25, -0.2) is 0 Å². The predicted octanol–water partition coefficient (Wildman–Crippen LogP) is 2.75. The summed E-state index contributed by atoms with van der Waals surface area (Å²) in [6.07, 6.45) is 6.51. The van der Waals surface area contributed by atoms with Gasteiger partial charge in [-0.1, -0.05) is 13.8 Å². The molecule has 1 saturated carbocycles. The predicted molar refractivity (Wildman–Crippen MR) is 68.0 cm³/mol. The van der Waals surface area contributed by atoms with Crippen LogP contribution in [0.15, 0.2) is 0 Å². The lowest BCUT2D eigenvalue weighted by Crippen LogP contribution is -2.50. The van der Waals surface area contributed by atoms with Crippen LogP contribution in [0, 0.1) is 11.3 Å². The third-order valence-electron chi connectivity index (χ3n) is 4.92. The van der Waals surface area contributed by atoms with E-state index in [4.69, 9.17) is 0 Å². The Bertz CT molecular complexity index is 292. The minimum atomic E-state index is -0.587. The van der Waals surface area contributed by atoms with Gasteiger partial charge in [0.25, 0.3) is 0 Å². The van der Waals surface area contributed by atoms with Crippen molar-refractivity contribution in [2.75, 3.05) is 13.1 Å². The summed E-state index contributed by atoms with van der Waals surface area (Å²) >= 11 is 0. The Kier molecular flexibility index (Phi) is 3.76. The molecule has 1 aliphatic carbocycles. The van der Waals surface area contributed by atoms with Crippen LogP contribution in [0.25, 0.3) is 0 Å². The molecule has 98 valence electrons. The first-order valence-corrected chi connectivity index (χ1v) is 7.05. The van der Waals surface area contributed by atoms with E-state index < -0.39 is 11.4 Å². The van der Waals surface area contributed by atoms with Gasteiger partial charge in [-0.2, -0.15) is 0 Å². The Balaban J connectivity index is 2.03. The van der Waals surface area contributed by atoms with Crippen LogP contribution >= 0.6 is 0 Å². The van der Waals surface area contributed by atoms with E-state index in [0.717, 1.165) is 38.3 Å². The molecule has 0 aromatic carbocycles. The molecule has 3 nitrogen and oxygen atoms in total. The molecule has 1 aliphatic heterocycles. The molecule has 1 heterocycles. The fourth-order valence-corrected chi connectivity index (χ4v) is 3.60. The zero-order valence-corrected chi connectivity index (χ0v) is 11.1. The molecule has 1 N–H and O–H groups in total.